The van der Waals surface area contributed by atoms with Crippen LogP contribution in [0.1, 0.15) is 33.4 Å². The quantitative estimate of drug-likeness (QED) is 0.861. The molecule has 0 spiro atoms. The monoisotopic (exact) mass is 310 g/mol. The van der Waals surface area contributed by atoms with E-state index in [0.29, 0.717) is 33.4 Å². The highest BCUT2D eigenvalue weighted by Crippen LogP contribution is 2.16. The molecule has 2 aromatic carbocycles. The van der Waals surface area contributed by atoms with Crippen molar-refractivity contribution in [2.75, 3.05) is 0 Å². The highest BCUT2D eigenvalue weighted by Gasteiger charge is 2.12. The van der Waals surface area contributed by atoms with E-state index in [1.54, 1.807) is 24.3 Å². The van der Waals surface area contributed by atoms with Crippen LogP contribution in [0.2, 0.25) is 0 Å². The van der Waals surface area contributed by atoms with Gasteiger partial charge in [0.15, 0.2) is 0 Å². The Morgan fingerprint density at radius 3 is 1.46 bits per heavy atom. The zero-order chi connectivity index (χ0) is 17.5. The number of carbonyl (C=O) groups excluding carboxylic acids is 1. The molecule has 0 saturated carbocycles. The van der Waals surface area contributed by atoms with Crippen molar-refractivity contribution in [2.45, 2.75) is 12.8 Å². The lowest BCUT2D eigenvalue weighted by atomic mass is 9.95. The minimum atomic E-state index is -0.155. The van der Waals surface area contributed by atoms with E-state index in [-0.39, 0.29) is 18.6 Å². The molecule has 0 aliphatic rings. The first-order chi connectivity index (χ1) is 11.6. The second-order valence-corrected chi connectivity index (χ2v) is 5.08. The van der Waals surface area contributed by atoms with E-state index in [4.69, 9.17) is 21.0 Å². The molecule has 5 heteroatoms. The van der Waals surface area contributed by atoms with E-state index in [2.05, 4.69) is 0 Å². The van der Waals surface area contributed by atoms with Gasteiger partial charge in [-0.2, -0.15) is 21.0 Å². The van der Waals surface area contributed by atoms with Crippen LogP contribution in [0.4, 0.5) is 0 Å². The smallest absolute Gasteiger partial charge is 0.141 e. The van der Waals surface area contributed by atoms with Crippen molar-refractivity contribution in [3.8, 4) is 24.3 Å². The summed E-state index contributed by atoms with van der Waals surface area (Å²) in [5.41, 5.74) is 2.41. The summed E-state index contributed by atoms with van der Waals surface area (Å²) in [6.07, 6.45) is 0.0823. The van der Waals surface area contributed by atoms with Crippen LogP contribution >= 0.6 is 0 Å². The van der Waals surface area contributed by atoms with Crippen LogP contribution in [0.5, 0.6) is 0 Å². The summed E-state index contributed by atoms with van der Waals surface area (Å²) in [5, 5.41) is 36.0. The van der Waals surface area contributed by atoms with Crippen molar-refractivity contribution in [1.82, 2.24) is 0 Å². The lowest BCUT2D eigenvalue weighted by molar-refractivity contribution is -0.117. The number of rotatable bonds is 4. The molecular formula is C19H10N4O. The lowest BCUT2D eigenvalue weighted by Gasteiger charge is -2.06. The van der Waals surface area contributed by atoms with Gasteiger partial charge in [-0.1, -0.05) is 12.1 Å². The number of carbonyl (C=O) groups is 1. The summed E-state index contributed by atoms with van der Waals surface area (Å²) in [6, 6.07) is 17.1. The van der Waals surface area contributed by atoms with E-state index < -0.39 is 0 Å². The van der Waals surface area contributed by atoms with Crippen LogP contribution in [-0.4, -0.2) is 5.78 Å². The van der Waals surface area contributed by atoms with E-state index in [1.807, 2.05) is 24.3 Å². The summed E-state index contributed by atoms with van der Waals surface area (Å²) < 4.78 is 0. The molecule has 0 aromatic heterocycles. The average Bonchev–Trinajstić information content (AvgIpc) is 2.62. The molecule has 2 rings (SSSR count). The average molecular weight is 310 g/mol. The molecule has 2 aromatic rings. The molecule has 0 aliphatic heterocycles. The molecule has 0 fully saturated rings. The topological polar surface area (TPSA) is 112 Å². The van der Waals surface area contributed by atoms with Gasteiger partial charge >= 0.3 is 0 Å². The molecule has 0 saturated heterocycles. The third-order valence-corrected chi connectivity index (χ3v) is 3.49. The van der Waals surface area contributed by atoms with Crippen molar-refractivity contribution in [3.05, 3.63) is 69.8 Å². The maximum Gasteiger partial charge on any atom is 0.141 e. The first-order valence-electron chi connectivity index (χ1n) is 6.99. The Kier molecular flexibility index (Phi) is 5.05. The van der Waals surface area contributed by atoms with Gasteiger partial charge < -0.3 is 0 Å². The summed E-state index contributed by atoms with van der Waals surface area (Å²) in [4.78, 5) is 12.3. The molecule has 0 aliphatic carbocycles. The zero-order valence-corrected chi connectivity index (χ0v) is 12.6. The highest BCUT2D eigenvalue weighted by atomic mass is 16.1. The Bertz CT molecular complexity index is 899. The third-order valence-electron chi connectivity index (χ3n) is 3.49. The fraction of sp³-hybridized carbons (Fsp3) is 0.105. The van der Waals surface area contributed by atoms with Crippen molar-refractivity contribution in [3.63, 3.8) is 0 Å². The Morgan fingerprint density at radius 2 is 1.12 bits per heavy atom. The van der Waals surface area contributed by atoms with Crippen molar-refractivity contribution in [1.29, 1.82) is 21.0 Å². The van der Waals surface area contributed by atoms with E-state index >= 15 is 0 Å². The fourth-order valence-corrected chi connectivity index (χ4v) is 2.30. The van der Waals surface area contributed by atoms with Gasteiger partial charge in [0.2, 0.25) is 0 Å². The van der Waals surface area contributed by atoms with Gasteiger partial charge in [0, 0.05) is 12.8 Å². The molecule has 0 unspecified atom stereocenters. The molecule has 112 valence electrons. The van der Waals surface area contributed by atoms with Gasteiger partial charge in [0.25, 0.3) is 0 Å². The van der Waals surface area contributed by atoms with Gasteiger partial charge in [-0.3, -0.25) is 4.79 Å². The van der Waals surface area contributed by atoms with Gasteiger partial charge in [0.05, 0.1) is 46.5 Å². The van der Waals surface area contributed by atoms with Crippen LogP contribution in [0.15, 0.2) is 36.4 Å². The van der Waals surface area contributed by atoms with Crippen LogP contribution in [-0.2, 0) is 17.6 Å². The number of nitrogens with zero attached hydrogens (tertiary/aromatic N) is 4. The summed E-state index contributed by atoms with van der Waals surface area (Å²) in [5.74, 6) is -0.155. The summed E-state index contributed by atoms with van der Waals surface area (Å²) in [7, 11) is 0. The van der Waals surface area contributed by atoms with E-state index in [1.165, 1.54) is 12.1 Å². The Hall–Kier alpha value is -3.93. The fourth-order valence-electron chi connectivity index (χ4n) is 2.30. The number of hydrogen-bond donors (Lipinski definition) is 0. The van der Waals surface area contributed by atoms with Gasteiger partial charge in [-0.15, -0.1) is 0 Å². The van der Waals surface area contributed by atoms with E-state index in [0.717, 1.165) is 0 Å². The maximum absolute atomic E-state index is 12.3. The van der Waals surface area contributed by atoms with Gasteiger partial charge in [-0.25, -0.2) is 0 Å². The largest absolute Gasteiger partial charge is 0.299 e. The van der Waals surface area contributed by atoms with Gasteiger partial charge in [0.1, 0.15) is 5.78 Å². The number of benzene rings is 2. The molecule has 0 amide bonds. The number of ketones is 1. The van der Waals surface area contributed by atoms with E-state index in [9.17, 15) is 4.79 Å². The van der Waals surface area contributed by atoms with Crippen molar-refractivity contribution >= 4 is 5.78 Å². The predicted molar refractivity (Wildman–Crippen MR) is 84.2 cm³/mol. The summed E-state index contributed by atoms with van der Waals surface area (Å²) in [6.45, 7) is 0. The maximum atomic E-state index is 12.3. The molecule has 5 nitrogen and oxygen atoms in total. The first-order valence-corrected chi connectivity index (χ1v) is 6.99. The van der Waals surface area contributed by atoms with Gasteiger partial charge in [-0.05, 0) is 35.4 Å². The van der Waals surface area contributed by atoms with Crippen LogP contribution in [0.3, 0.4) is 0 Å². The second-order valence-electron chi connectivity index (χ2n) is 5.08. The first kappa shape index (κ1) is 16.4. The minimum absolute atomic E-state index is 0.0411. The number of Topliss-reactive ketones (excluding diaryl/α,β-unsaturated/α-hetero) is 1. The standard InChI is InChI=1S/C19H10N4O/c20-9-13-1-3-15(17(5-13)11-22)7-19(24)8-16-4-2-14(10-21)6-18(16)12-23/h1-6H,7-8H2. The SMILES string of the molecule is N#Cc1ccc(CC(=O)Cc2ccc(C#N)cc2C#N)c(C#N)c1. The molecule has 0 bridgehead atoms. The summed E-state index contributed by atoms with van der Waals surface area (Å²) >= 11 is 0. The van der Waals surface area contributed by atoms with Crippen molar-refractivity contribution in [2.24, 2.45) is 0 Å². The molecule has 24 heavy (non-hydrogen) atoms. The number of nitriles is 4. The van der Waals surface area contributed by atoms with Crippen molar-refractivity contribution < 1.29 is 4.79 Å². The Balaban J connectivity index is 2.21. The van der Waals surface area contributed by atoms with Crippen LogP contribution in [0.25, 0.3) is 0 Å². The second kappa shape index (κ2) is 7.37. The normalized spacial score (nSPS) is 9.17. The molecule has 0 N–H and O–H groups in total. The lowest BCUT2D eigenvalue weighted by Crippen LogP contribution is -2.09. The molecule has 0 radical (unpaired) electrons. The molecule has 0 heterocycles. The molecule has 0 atom stereocenters. The number of hydrogen-bond acceptors (Lipinski definition) is 5. The Labute approximate surface area is 139 Å². The molecular weight excluding hydrogens is 300 g/mol. The minimum Gasteiger partial charge on any atom is -0.299 e. The highest BCUT2D eigenvalue weighted by molar-refractivity contribution is 5.84. The Morgan fingerprint density at radius 1 is 0.708 bits per heavy atom. The third kappa shape index (κ3) is 3.63. The van der Waals surface area contributed by atoms with Crippen LogP contribution < -0.4 is 0 Å². The van der Waals surface area contributed by atoms with Crippen LogP contribution in [0, 0.1) is 45.3 Å². The predicted octanol–water partition coefficient (Wildman–Crippen LogP) is 2.53. The zero-order valence-electron chi connectivity index (χ0n) is 12.6.